The van der Waals surface area contributed by atoms with Gasteiger partial charge in [0.1, 0.15) is 0 Å². The Labute approximate surface area is 127 Å². The first-order chi connectivity index (χ1) is 9.77. The molecule has 0 saturated carbocycles. The Morgan fingerprint density at radius 2 is 1.95 bits per heavy atom. The van der Waals surface area contributed by atoms with Gasteiger partial charge in [-0.2, -0.15) is 0 Å². The molecule has 0 aliphatic carbocycles. The van der Waals surface area contributed by atoms with E-state index >= 15 is 0 Å². The lowest BCUT2D eigenvalue weighted by atomic mass is 10.1. The van der Waals surface area contributed by atoms with Crippen molar-refractivity contribution in [3.63, 3.8) is 0 Å². The predicted molar refractivity (Wildman–Crippen MR) is 75.5 cm³/mol. The summed E-state index contributed by atoms with van der Waals surface area (Å²) in [5, 5.41) is 22.4. The van der Waals surface area contributed by atoms with Gasteiger partial charge in [0.25, 0.3) is 16.2 Å². The molecule has 0 saturated heterocycles. The summed E-state index contributed by atoms with van der Waals surface area (Å²) in [6.07, 6.45) is 1.39. The number of carboxylic acids is 1. The molecule has 1 amide bonds. The molecule has 110 valence electrons. The molecule has 1 atom stereocenters. The van der Waals surface area contributed by atoms with Crippen molar-refractivity contribution in [2.75, 3.05) is 0 Å². The van der Waals surface area contributed by atoms with Crippen LogP contribution in [0, 0.1) is 10.1 Å². The Bertz CT molecular complexity index is 657. The molecule has 1 unspecified atom stereocenters. The molecule has 2 rings (SSSR count). The largest absolute Gasteiger partial charge is 0.477 e. The van der Waals surface area contributed by atoms with Gasteiger partial charge < -0.3 is 10.4 Å². The van der Waals surface area contributed by atoms with Crippen LogP contribution in [0.5, 0.6) is 0 Å². The van der Waals surface area contributed by atoms with Crippen molar-refractivity contribution in [1.82, 2.24) is 10.2 Å². The van der Waals surface area contributed by atoms with Crippen LogP contribution in [-0.2, 0) is 4.79 Å². The summed E-state index contributed by atoms with van der Waals surface area (Å²) in [6.45, 7) is 1.57. The number of nitrogens with one attached hydrogen (secondary N) is 1. The number of amides is 1. The maximum Gasteiger partial charge on any atom is 0.362 e. The van der Waals surface area contributed by atoms with Gasteiger partial charge in [-0.1, -0.05) is 0 Å². The monoisotopic (exact) mass is 355 g/mol. The molecule has 0 fully saturated rings. The van der Waals surface area contributed by atoms with Crippen molar-refractivity contribution < 1.29 is 19.6 Å². The molecule has 1 aliphatic heterocycles. The second kappa shape index (κ2) is 5.17. The van der Waals surface area contributed by atoms with Crippen molar-refractivity contribution in [1.29, 1.82) is 0 Å². The fourth-order valence-electron chi connectivity index (χ4n) is 1.88. The lowest BCUT2D eigenvalue weighted by molar-refractivity contribution is -0.384. The average Bonchev–Trinajstić information content (AvgIpc) is 2.75. The average molecular weight is 356 g/mol. The number of hydrogen-bond donors (Lipinski definition) is 2. The zero-order chi connectivity index (χ0) is 15.8. The highest BCUT2D eigenvalue weighted by atomic mass is 79.9. The standard InChI is InChI=1S/C12H10BrN3O5/c1-7-6-14-12(13,11(18)19)15(7)10(17)8-2-4-9(5-3-8)16(20)21/h2-6,14H,1H3,(H,18,19). The number of nitro benzene ring substituents is 1. The highest BCUT2D eigenvalue weighted by molar-refractivity contribution is 9.10. The van der Waals surface area contributed by atoms with E-state index in [9.17, 15) is 24.8 Å². The van der Waals surface area contributed by atoms with Gasteiger partial charge in [0, 0.05) is 29.6 Å². The molecule has 9 heteroatoms. The molecular formula is C12H10BrN3O5. The van der Waals surface area contributed by atoms with Gasteiger partial charge in [0.15, 0.2) is 0 Å². The van der Waals surface area contributed by atoms with Crippen molar-refractivity contribution in [2.24, 2.45) is 0 Å². The zero-order valence-corrected chi connectivity index (χ0v) is 12.3. The van der Waals surface area contributed by atoms with E-state index in [1.54, 1.807) is 6.92 Å². The van der Waals surface area contributed by atoms with Crippen LogP contribution in [-0.4, -0.2) is 31.4 Å². The summed E-state index contributed by atoms with van der Waals surface area (Å²) < 4.78 is -1.77. The van der Waals surface area contributed by atoms with Gasteiger partial charge in [-0.3, -0.25) is 19.8 Å². The van der Waals surface area contributed by atoms with Crippen LogP contribution >= 0.6 is 15.9 Å². The fourth-order valence-corrected chi connectivity index (χ4v) is 2.44. The number of nitro groups is 1. The van der Waals surface area contributed by atoms with E-state index in [-0.39, 0.29) is 11.3 Å². The van der Waals surface area contributed by atoms with Crippen LogP contribution < -0.4 is 5.32 Å². The topological polar surface area (TPSA) is 113 Å². The van der Waals surface area contributed by atoms with Crippen molar-refractivity contribution in [3.05, 3.63) is 51.8 Å². The van der Waals surface area contributed by atoms with E-state index in [2.05, 4.69) is 21.2 Å². The number of non-ortho nitro benzene ring substituents is 1. The van der Waals surface area contributed by atoms with E-state index in [1.165, 1.54) is 30.5 Å². The first kappa shape index (κ1) is 15.0. The number of halogens is 1. The molecule has 8 nitrogen and oxygen atoms in total. The SMILES string of the molecule is CC1=CNC(Br)(C(=O)O)N1C(=O)c1ccc([N+](=O)[O-])cc1. The molecule has 1 aromatic rings. The minimum Gasteiger partial charge on any atom is -0.477 e. The van der Waals surface area contributed by atoms with E-state index in [4.69, 9.17) is 0 Å². The summed E-state index contributed by atoms with van der Waals surface area (Å²) in [5.41, 5.74) is 0.390. The van der Waals surface area contributed by atoms with Crippen molar-refractivity contribution >= 4 is 33.5 Å². The number of hydrogen-bond acceptors (Lipinski definition) is 5. The predicted octanol–water partition coefficient (Wildman–Crippen LogP) is 1.63. The number of carboxylic acid groups (broad SMARTS) is 1. The Kier molecular flexibility index (Phi) is 3.69. The lowest BCUT2D eigenvalue weighted by Crippen LogP contribution is -2.55. The van der Waals surface area contributed by atoms with Crippen molar-refractivity contribution in [2.45, 2.75) is 11.5 Å². The van der Waals surface area contributed by atoms with Gasteiger partial charge in [-0.15, -0.1) is 0 Å². The number of benzene rings is 1. The third kappa shape index (κ3) is 2.47. The van der Waals surface area contributed by atoms with E-state index in [0.717, 1.165) is 4.90 Å². The fraction of sp³-hybridized carbons (Fsp3) is 0.167. The molecule has 1 aliphatic rings. The van der Waals surface area contributed by atoms with Crippen LogP contribution in [0.4, 0.5) is 5.69 Å². The Morgan fingerprint density at radius 1 is 1.38 bits per heavy atom. The van der Waals surface area contributed by atoms with E-state index < -0.39 is 21.4 Å². The number of rotatable bonds is 3. The van der Waals surface area contributed by atoms with Gasteiger partial charge in [-0.25, -0.2) is 4.79 Å². The van der Waals surface area contributed by atoms with E-state index in [0.29, 0.717) is 5.70 Å². The Morgan fingerprint density at radius 3 is 2.43 bits per heavy atom. The van der Waals surface area contributed by atoms with Gasteiger partial charge in [0.05, 0.1) is 4.92 Å². The zero-order valence-electron chi connectivity index (χ0n) is 10.7. The number of nitrogens with zero attached hydrogens (tertiary/aromatic N) is 2. The smallest absolute Gasteiger partial charge is 0.362 e. The minimum atomic E-state index is -1.77. The molecule has 0 radical (unpaired) electrons. The van der Waals surface area contributed by atoms with Gasteiger partial charge in [-0.05, 0) is 35.0 Å². The molecule has 21 heavy (non-hydrogen) atoms. The van der Waals surface area contributed by atoms with Gasteiger partial charge in [0.2, 0.25) is 0 Å². The summed E-state index contributed by atoms with van der Waals surface area (Å²) in [5.74, 6) is -1.88. The highest BCUT2D eigenvalue weighted by Gasteiger charge is 2.48. The number of alkyl halides is 1. The quantitative estimate of drug-likeness (QED) is 0.368. The minimum absolute atomic E-state index is 0.141. The first-order valence-corrected chi connectivity index (χ1v) is 6.52. The molecule has 2 N–H and O–H groups in total. The molecule has 0 bridgehead atoms. The summed E-state index contributed by atoms with van der Waals surface area (Å²) in [6, 6.07) is 4.93. The maximum absolute atomic E-state index is 12.4. The Balaban J connectivity index is 2.36. The first-order valence-electron chi connectivity index (χ1n) is 5.73. The summed E-state index contributed by atoms with van der Waals surface area (Å²) in [4.78, 5) is 34.8. The van der Waals surface area contributed by atoms with Crippen LogP contribution in [0.2, 0.25) is 0 Å². The second-order valence-electron chi connectivity index (χ2n) is 4.30. The molecule has 1 heterocycles. The Hall–Kier alpha value is -2.42. The van der Waals surface area contributed by atoms with Gasteiger partial charge >= 0.3 is 5.97 Å². The molecule has 0 aromatic heterocycles. The number of carbonyl (C=O) groups excluding carboxylic acids is 1. The molecule has 1 aromatic carbocycles. The number of carbonyl (C=O) groups is 2. The summed E-state index contributed by atoms with van der Waals surface area (Å²) >= 11 is 2.99. The normalized spacial score (nSPS) is 20.7. The molecular weight excluding hydrogens is 346 g/mol. The maximum atomic E-state index is 12.4. The van der Waals surface area contributed by atoms with Crippen LogP contribution in [0.3, 0.4) is 0 Å². The van der Waals surface area contributed by atoms with Crippen LogP contribution in [0.1, 0.15) is 17.3 Å². The van der Waals surface area contributed by atoms with Crippen LogP contribution in [0.15, 0.2) is 36.2 Å². The highest BCUT2D eigenvalue weighted by Crippen LogP contribution is 2.32. The third-order valence-corrected chi connectivity index (χ3v) is 3.87. The van der Waals surface area contributed by atoms with E-state index in [1.807, 2.05) is 0 Å². The number of aliphatic carboxylic acids is 1. The number of allylic oxidation sites excluding steroid dienone is 1. The summed E-state index contributed by atoms with van der Waals surface area (Å²) in [7, 11) is 0. The lowest BCUT2D eigenvalue weighted by Gasteiger charge is -2.30. The van der Waals surface area contributed by atoms with Crippen LogP contribution in [0.25, 0.3) is 0 Å². The van der Waals surface area contributed by atoms with Crippen molar-refractivity contribution in [3.8, 4) is 0 Å². The molecule has 0 spiro atoms. The second-order valence-corrected chi connectivity index (χ2v) is 5.45. The third-order valence-electron chi connectivity index (χ3n) is 2.94.